The topological polar surface area (TPSA) is 36.1 Å². The van der Waals surface area contributed by atoms with E-state index in [-0.39, 0.29) is 0 Å². The highest BCUT2D eigenvalue weighted by molar-refractivity contribution is 5.12. The summed E-state index contributed by atoms with van der Waals surface area (Å²) in [5.74, 6) is 13.4. The van der Waals surface area contributed by atoms with Gasteiger partial charge in [0.2, 0.25) is 0 Å². The lowest BCUT2D eigenvalue weighted by Gasteiger charge is -2.63. The normalized spacial score (nSPS) is 55.9. The Bertz CT molecular complexity index is 1460. The van der Waals surface area contributed by atoms with Crippen molar-refractivity contribution in [1.82, 2.24) is 16.0 Å². The third kappa shape index (κ3) is 7.03. The van der Waals surface area contributed by atoms with Gasteiger partial charge in [0.15, 0.2) is 0 Å². The highest BCUT2D eigenvalue weighted by atomic mass is 15.4. The number of hydrogen-bond donors (Lipinski definition) is 3. The van der Waals surface area contributed by atoms with Gasteiger partial charge in [0.05, 0.1) is 18.5 Å². The predicted molar refractivity (Wildman–Crippen MR) is 242 cm³/mol. The summed E-state index contributed by atoms with van der Waals surface area (Å²) in [4.78, 5) is 0. The fourth-order valence-electron chi connectivity index (χ4n) is 20.3. The first kappa shape index (κ1) is 40.4. The van der Waals surface area contributed by atoms with Crippen LogP contribution < -0.4 is 16.0 Å². The van der Waals surface area contributed by atoms with Crippen LogP contribution in [0.25, 0.3) is 0 Å². The van der Waals surface area contributed by atoms with E-state index in [1.807, 2.05) is 0 Å². The van der Waals surface area contributed by atoms with Crippen molar-refractivity contribution in [1.29, 1.82) is 0 Å². The van der Waals surface area contributed by atoms with Crippen LogP contribution in [0.3, 0.4) is 0 Å². The Morgan fingerprint density at radius 1 is 0.500 bits per heavy atom. The first-order valence-electron chi connectivity index (χ1n) is 27.3. The van der Waals surface area contributed by atoms with Crippen LogP contribution in [-0.4, -0.2) is 18.5 Å². The van der Waals surface area contributed by atoms with Gasteiger partial charge in [-0.3, -0.25) is 16.0 Å². The van der Waals surface area contributed by atoms with Gasteiger partial charge in [0.1, 0.15) is 0 Å². The number of fused-ring (bicyclic) bond motifs is 4. The van der Waals surface area contributed by atoms with E-state index in [0.29, 0.717) is 29.3 Å². The molecule has 0 radical (unpaired) electrons. The molecule has 1 heterocycles. The molecule has 1 saturated heterocycles. The van der Waals surface area contributed by atoms with E-state index in [1.54, 1.807) is 57.8 Å². The molecule has 9 saturated carbocycles. The number of allylic oxidation sites excluding steroid dienone is 2. The van der Waals surface area contributed by atoms with E-state index in [4.69, 9.17) is 0 Å². The third-order valence-corrected chi connectivity index (χ3v) is 23.0. The molecule has 20 unspecified atom stereocenters. The third-order valence-electron chi connectivity index (χ3n) is 23.0. The van der Waals surface area contributed by atoms with E-state index in [2.05, 4.69) is 48.9 Å². The average Bonchev–Trinajstić information content (AvgIpc) is 3.83. The minimum Gasteiger partial charge on any atom is -0.286 e. The fourth-order valence-corrected chi connectivity index (χ4v) is 20.3. The number of rotatable bonds is 6. The van der Waals surface area contributed by atoms with Crippen molar-refractivity contribution in [2.75, 3.05) is 0 Å². The van der Waals surface area contributed by atoms with Crippen LogP contribution in [0.15, 0.2) is 12.2 Å². The van der Waals surface area contributed by atoms with Gasteiger partial charge < -0.3 is 0 Å². The van der Waals surface area contributed by atoms with E-state index >= 15 is 0 Å². The molecule has 326 valence electrons. The van der Waals surface area contributed by atoms with Gasteiger partial charge in [-0.25, -0.2) is 0 Å². The Hall–Kier alpha value is -0.380. The Morgan fingerprint density at radius 3 is 2.05 bits per heavy atom. The minimum atomic E-state index is 0.357. The molecule has 10 aliphatic carbocycles. The Balaban J connectivity index is 0.856. The van der Waals surface area contributed by atoms with E-state index < -0.39 is 0 Å². The summed E-state index contributed by atoms with van der Waals surface area (Å²) in [6.07, 6.45) is 51.8. The van der Waals surface area contributed by atoms with Gasteiger partial charge in [-0.15, -0.1) is 0 Å². The second-order valence-electron chi connectivity index (χ2n) is 25.5. The molecule has 0 amide bonds. The molecular formula is C55H91N3. The average molecular weight is 794 g/mol. The first-order valence-corrected chi connectivity index (χ1v) is 27.3. The summed E-state index contributed by atoms with van der Waals surface area (Å²) in [7, 11) is 0. The summed E-state index contributed by atoms with van der Waals surface area (Å²) in [5.41, 5.74) is 1.68. The molecule has 2 bridgehead atoms. The highest BCUT2D eigenvalue weighted by Crippen LogP contribution is 2.70. The summed E-state index contributed by atoms with van der Waals surface area (Å²) < 4.78 is 0. The van der Waals surface area contributed by atoms with Gasteiger partial charge in [-0.05, 0) is 215 Å². The van der Waals surface area contributed by atoms with Crippen LogP contribution in [0.1, 0.15) is 213 Å². The zero-order valence-electron chi connectivity index (χ0n) is 38.2. The maximum atomic E-state index is 4.59. The van der Waals surface area contributed by atoms with Gasteiger partial charge in [0.25, 0.3) is 0 Å². The molecule has 3 N–H and O–H groups in total. The molecular weight excluding hydrogens is 703 g/mol. The Morgan fingerprint density at radius 2 is 1.22 bits per heavy atom. The molecule has 58 heavy (non-hydrogen) atoms. The SMILES string of the molecule is CC1CCCC2C3CCCCC3CC(C3CCCC(C4NC(C5CCCC(C6C=CCCC6)C5)NC(C5(C)CCCC(C6CC7CC8CCCCC86C7)C5)N4)C3)C12C. The van der Waals surface area contributed by atoms with Crippen molar-refractivity contribution in [3.8, 4) is 0 Å². The predicted octanol–water partition coefficient (Wildman–Crippen LogP) is 13.8. The Labute approximate surface area is 357 Å². The lowest BCUT2D eigenvalue weighted by molar-refractivity contribution is -0.138. The second kappa shape index (κ2) is 16.3. The zero-order chi connectivity index (χ0) is 39.1. The zero-order valence-corrected chi connectivity index (χ0v) is 38.2. The lowest BCUT2D eigenvalue weighted by Crippen LogP contribution is -2.74. The van der Waals surface area contributed by atoms with Crippen LogP contribution in [0.2, 0.25) is 0 Å². The molecule has 3 nitrogen and oxygen atoms in total. The standard InChI is InChI=1S/C55H91N3/c1-36-15-11-26-47-46-25-8-7-18-40(46)33-48(54(36,47)3)41-20-13-22-43(32-41)51-56-50(42-21-12-19-39(31-42)38-16-5-4-6-17-38)57-52(58-51)53(2)27-14-23-44(35-53)49-30-37-29-45-24-9-10-28-55(45,49)34-37/h5,16,36-52,56-58H,4,6-15,17-35H2,1-3H3. The van der Waals surface area contributed by atoms with E-state index in [9.17, 15) is 0 Å². The van der Waals surface area contributed by atoms with Crippen LogP contribution in [0, 0.1) is 99.1 Å². The van der Waals surface area contributed by atoms with Crippen LogP contribution >= 0.6 is 0 Å². The number of nitrogens with one attached hydrogen (secondary N) is 3. The van der Waals surface area contributed by atoms with Gasteiger partial charge in [-0.1, -0.05) is 110 Å². The van der Waals surface area contributed by atoms with E-state index in [1.165, 1.54) is 135 Å². The smallest absolute Gasteiger partial charge is 0.0651 e. The van der Waals surface area contributed by atoms with Crippen molar-refractivity contribution in [3.63, 3.8) is 0 Å². The van der Waals surface area contributed by atoms with Gasteiger partial charge in [-0.2, -0.15) is 0 Å². The molecule has 0 aromatic rings. The molecule has 0 aromatic heterocycles. The molecule has 1 aliphatic heterocycles. The lowest BCUT2D eigenvalue weighted by atomic mass is 9.42. The molecule has 0 aromatic carbocycles. The molecule has 3 heteroatoms. The largest absolute Gasteiger partial charge is 0.286 e. The number of hydrogen-bond acceptors (Lipinski definition) is 3. The van der Waals surface area contributed by atoms with Crippen LogP contribution in [0.4, 0.5) is 0 Å². The summed E-state index contributed by atoms with van der Waals surface area (Å²) in [6.45, 7) is 8.39. The second-order valence-corrected chi connectivity index (χ2v) is 25.5. The van der Waals surface area contributed by atoms with Crippen molar-refractivity contribution in [3.05, 3.63) is 12.2 Å². The van der Waals surface area contributed by atoms with Crippen LogP contribution in [0.5, 0.6) is 0 Å². The molecule has 20 atom stereocenters. The molecule has 11 rings (SSSR count). The molecule has 11 aliphatic rings. The summed E-state index contributed by atoms with van der Waals surface area (Å²) in [5, 5.41) is 13.7. The van der Waals surface area contributed by atoms with Crippen LogP contribution in [-0.2, 0) is 0 Å². The monoisotopic (exact) mass is 794 g/mol. The minimum absolute atomic E-state index is 0.357. The van der Waals surface area contributed by atoms with Crippen molar-refractivity contribution < 1.29 is 0 Å². The first-order chi connectivity index (χ1) is 28.3. The maximum Gasteiger partial charge on any atom is 0.0651 e. The van der Waals surface area contributed by atoms with Crippen molar-refractivity contribution >= 4 is 0 Å². The molecule has 1 spiro atoms. The highest BCUT2D eigenvalue weighted by Gasteiger charge is 2.61. The quantitative estimate of drug-likeness (QED) is 0.234. The molecule has 10 fully saturated rings. The fraction of sp³-hybridized carbons (Fsp3) is 0.964. The van der Waals surface area contributed by atoms with Crippen molar-refractivity contribution in [2.24, 2.45) is 99.1 Å². The van der Waals surface area contributed by atoms with Gasteiger partial charge in [0, 0.05) is 0 Å². The maximum absolute atomic E-state index is 4.59. The van der Waals surface area contributed by atoms with Gasteiger partial charge >= 0.3 is 0 Å². The van der Waals surface area contributed by atoms with Crippen molar-refractivity contribution in [2.45, 2.75) is 232 Å². The summed E-state index contributed by atoms with van der Waals surface area (Å²) >= 11 is 0. The van der Waals surface area contributed by atoms with E-state index in [0.717, 1.165) is 88.3 Å². The summed E-state index contributed by atoms with van der Waals surface area (Å²) in [6, 6.07) is 0. The Kier molecular flexibility index (Phi) is 11.4.